The summed E-state index contributed by atoms with van der Waals surface area (Å²) in [5.41, 5.74) is 2.22. The molecular formula is C17H11Cl3N2O2. The smallest absolute Gasteiger partial charge is 0.356 e. The van der Waals surface area contributed by atoms with E-state index in [4.69, 9.17) is 34.8 Å². The van der Waals surface area contributed by atoms with E-state index in [0.717, 1.165) is 11.1 Å². The Balaban J connectivity index is 2.05. The van der Waals surface area contributed by atoms with Crippen molar-refractivity contribution < 1.29 is 9.90 Å². The zero-order valence-corrected chi connectivity index (χ0v) is 14.5. The van der Waals surface area contributed by atoms with Crippen LogP contribution in [-0.4, -0.2) is 20.9 Å². The summed E-state index contributed by atoms with van der Waals surface area (Å²) in [6.07, 6.45) is 0. The molecule has 0 spiro atoms. The monoisotopic (exact) mass is 380 g/mol. The number of carboxylic acid groups (broad SMARTS) is 1. The van der Waals surface area contributed by atoms with Gasteiger partial charge in [-0.3, -0.25) is 4.68 Å². The molecule has 3 aromatic rings. The molecule has 0 bridgehead atoms. The Morgan fingerprint density at radius 2 is 1.67 bits per heavy atom. The Morgan fingerprint density at radius 1 is 1.00 bits per heavy atom. The van der Waals surface area contributed by atoms with Crippen LogP contribution in [0.15, 0.2) is 48.5 Å². The largest absolute Gasteiger partial charge is 0.476 e. The Labute approximate surface area is 153 Å². The van der Waals surface area contributed by atoms with Crippen molar-refractivity contribution >= 4 is 40.8 Å². The van der Waals surface area contributed by atoms with Crippen molar-refractivity contribution in [1.82, 2.24) is 9.78 Å². The van der Waals surface area contributed by atoms with Gasteiger partial charge in [0.05, 0.1) is 12.2 Å². The number of carboxylic acids is 1. The van der Waals surface area contributed by atoms with Crippen LogP contribution >= 0.6 is 34.8 Å². The lowest BCUT2D eigenvalue weighted by Gasteiger charge is -2.09. The number of halogens is 3. The van der Waals surface area contributed by atoms with Crippen LogP contribution in [0.1, 0.15) is 16.1 Å². The summed E-state index contributed by atoms with van der Waals surface area (Å²) in [4.78, 5) is 11.3. The Hall–Kier alpha value is -2.01. The molecule has 122 valence electrons. The molecular weight excluding hydrogens is 371 g/mol. The predicted molar refractivity (Wildman–Crippen MR) is 95.2 cm³/mol. The van der Waals surface area contributed by atoms with E-state index >= 15 is 0 Å². The van der Waals surface area contributed by atoms with E-state index < -0.39 is 5.97 Å². The highest BCUT2D eigenvalue weighted by Gasteiger charge is 2.16. The van der Waals surface area contributed by atoms with Gasteiger partial charge in [-0.1, -0.05) is 53.0 Å². The molecule has 0 unspecified atom stereocenters. The first kappa shape index (κ1) is 16.8. The van der Waals surface area contributed by atoms with Crippen LogP contribution in [0.4, 0.5) is 0 Å². The molecule has 0 aliphatic rings. The summed E-state index contributed by atoms with van der Waals surface area (Å²) < 4.78 is 1.60. The average molecular weight is 382 g/mol. The quantitative estimate of drug-likeness (QED) is 0.671. The molecule has 3 rings (SSSR count). The zero-order chi connectivity index (χ0) is 17.3. The summed E-state index contributed by atoms with van der Waals surface area (Å²) in [6.45, 7) is 0.321. The molecule has 2 aromatic carbocycles. The fourth-order valence-electron chi connectivity index (χ4n) is 2.31. The summed E-state index contributed by atoms with van der Waals surface area (Å²) >= 11 is 18.0. The summed E-state index contributed by atoms with van der Waals surface area (Å²) in [7, 11) is 0. The van der Waals surface area contributed by atoms with Crippen LogP contribution in [0.25, 0.3) is 11.3 Å². The number of hydrogen-bond acceptors (Lipinski definition) is 2. The van der Waals surface area contributed by atoms with Crippen molar-refractivity contribution in [3.8, 4) is 11.3 Å². The van der Waals surface area contributed by atoms with Gasteiger partial charge in [0.15, 0.2) is 5.69 Å². The predicted octanol–water partition coefficient (Wildman–Crippen LogP) is 5.26. The lowest BCUT2D eigenvalue weighted by atomic mass is 10.1. The minimum absolute atomic E-state index is 0.0370. The number of rotatable bonds is 4. The zero-order valence-electron chi connectivity index (χ0n) is 12.2. The van der Waals surface area contributed by atoms with Crippen LogP contribution in [0.2, 0.25) is 15.1 Å². The van der Waals surface area contributed by atoms with Gasteiger partial charge in [-0.25, -0.2) is 4.79 Å². The molecule has 0 saturated carbocycles. The van der Waals surface area contributed by atoms with Crippen LogP contribution in [0, 0.1) is 0 Å². The number of carbonyl (C=O) groups is 1. The third kappa shape index (κ3) is 3.56. The highest BCUT2D eigenvalue weighted by atomic mass is 35.5. The Bertz CT molecular complexity index is 905. The standard InChI is InChI=1S/C17H11Cl3N2O2/c18-12-4-1-10(2-5-12)16-8-15(17(23)24)21-22(16)9-11-3-6-13(19)7-14(11)20/h1-8H,9H2,(H,23,24). The van der Waals surface area contributed by atoms with Crippen LogP contribution in [-0.2, 0) is 6.54 Å². The van der Waals surface area contributed by atoms with E-state index in [9.17, 15) is 9.90 Å². The second-order valence-electron chi connectivity index (χ2n) is 5.12. The summed E-state index contributed by atoms with van der Waals surface area (Å²) in [6, 6.07) is 13.8. The van der Waals surface area contributed by atoms with Crippen LogP contribution in [0.5, 0.6) is 0 Å². The number of hydrogen-bond donors (Lipinski definition) is 1. The van der Waals surface area contributed by atoms with Gasteiger partial charge in [-0.05, 0) is 41.5 Å². The van der Waals surface area contributed by atoms with Crippen LogP contribution in [0.3, 0.4) is 0 Å². The maximum absolute atomic E-state index is 11.3. The molecule has 0 aliphatic carbocycles. The molecule has 4 nitrogen and oxygen atoms in total. The second-order valence-corrected chi connectivity index (χ2v) is 6.40. The highest BCUT2D eigenvalue weighted by molar-refractivity contribution is 6.35. The molecule has 0 amide bonds. The van der Waals surface area contributed by atoms with E-state index in [-0.39, 0.29) is 5.69 Å². The minimum Gasteiger partial charge on any atom is -0.476 e. The first-order valence-corrected chi connectivity index (χ1v) is 8.08. The first-order valence-electron chi connectivity index (χ1n) is 6.95. The van der Waals surface area contributed by atoms with Gasteiger partial charge < -0.3 is 5.11 Å². The van der Waals surface area contributed by atoms with Gasteiger partial charge >= 0.3 is 5.97 Å². The molecule has 0 fully saturated rings. The number of aromatic nitrogens is 2. The normalized spacial score (nSPS) is 10.8. The van der Waals surface area contributed by atoms with Crippen molar-refractivity contribution in [1.29, 1.82) is 0 Å². The highest BCUT2D eigenvalue weighted by Crippen LogP contribution is 2.26. The van der Waals surface area contributed by atoms with E-state index in [2.05, 4.69) is 5.10 Å². The van der Waals surface area contributed by atoms with Gasteiger partial charge in [-0.15, -0.1) is 0 Å². The number of nitrogens with zero attached hydrogens (tertiary/aromatic N) is 2. The van der Waals surface area contributed by atoms with Gasteiger partial charge in [-0.2, -0.15) is 5.10 Å². The molecule has 1 N–H and O–H groups in total. The maximum atomic E-state index is 11.3. The minimum atomic E-state index is -1.09. The third-order valence-corrected chi connectivity index (χ3v) is 4.31. The molecule has 24 heavy (non-hydrogen) atoms. The fraction of sp³-hybridized carbons (Fsp3) is 0.0588. The van der Waals surface area contributed by atoms with Gasteiger partial charge in [0, 0.05) is 15.1 Å². The molecule has 1 heterocycles. The van der Waals surface area contributed by atoms with Crippen molar-refractivity contribution in [2.24, 2.45) is 0 Å². The topological polar surface area (TPSA) is 55.1 Å². The van der Waals surface area contributed by atoms with E-state index in [1.54, 1.807) is 35.0 Å². The van der Waals surface area contributed by atoms with E-state index in [1.807, 2.05) is 12.1 Å². The van der Waals surface area contributed by atoms with Crippen molar-refractivity contribution in [3.63, 3.8) is 0 Å². The Kier molecular flexibility index (Phi) is 4.81. The summed E-state index contributed by atoms with van der Waals surface area (Å²) in [5.74, 6) is -1.09. The van der Waals surface area contributed by atoms with Crippen molar-refractivity contribution in [2.75, 3.05) is 0 Å². The number of aromatic carboxylic acids is 1. The Morgan fingerprint density at radius 3 is 2.29 bits per heavy atom. The van der Waals surface area contributed by atoms with Crippen molar-refractivity contribution in [3.05, 3.63) is 74.9 Å². The first-order chi connectivity index (χ1) is 11.4. The van der Waals surface area contributed by atoms with Crippen LogP contribution < -0.4 is 0 Å². The molecule has 1 aromatic heterocycles. The third-order valence-electron chi connectivity index (χ3n) is 3.47. The molecule has 0 atom stereocenters. The fourth-order valence-corrected chi connectivity index (χ4v) is 2.90. The van der Waals surface area contributed by atoms with E-state index in [1.165, 1.54) is 6.07 Å². The lowest BCUT2D eigenvalue weighted by Crippen LogP contribution is -2.06. The second kappa shape index (κ2) is 6.85. The maximum Gasteiger partial charge on any atom is 0.356 e. The molecule has 0 radical (unpaired) electrons. The van der Waals surface area contributed by atoms with Gasteiger partial charge in [0.2, 0.25) is 0 Å². The average Bonchev–Trinajstić information content (AvgIpc) is 2.95. The SMILES string of the molecule is O=C(O)c1cc(-c2ccc(Cl)cc2)n(Cc2ccc(Cl)cc2Cl)n1. The van der Waals surface area contributed by atoms with Gasteiger partial charge in [0.25, 0.3) is 0 Å². The number of benzene rings is 2. The van der Waals surface area contributed by atoms with E-state index in [0.29, 0.717) is 27.3 Å². The van der Waals surface area contributed by atoms with Gasteiger partial charge in [0.1, 0.15) is 0 Å². The van der Waals surface area contributed by atoms with Crippen molar-refractivity contribution in [2.45, 2.75) is 6.54 Å². The lowest BCUT2D eigenvalue weighted by molar-refractivity contribution is 0.0689. The summed E-state index contributed by atoms with van der Waals surface area (Å²) in [5, 5.41) is 15.0. The molecule has 0 aliphatic heterocycles. The molecule has 7 heteroatoms. The molecule has 0 saturated heterocycles.